The van der Waals surface area contributed by atoms with Crippen molar-refractivity contribution in [2.45, 2.75) is 46.8 Å². The van der Waals surface area contributed by atoms with E-state index in [9.17, 15) is 0 Å². The standard InChI is InChI=1S/C14H22N4/c1-5-18-10(2)6-13(12(18)4)7-15-11(3)14-8-16-17-9-14/h6,8-9,11,15H,5,7H2,1-4H3,(H,16,17). The third-order valence-electron chi connectivity index (χ3n) is 3.61. The smallest absolute Gasteiger partial charge is 0.0534 e. The SMILES string of the molecule is CCn1c(C)cc(CNC(C)c2cn[nH]c2)c1C. The van der Waals surface area contributed by atoms with Crippen molar-refractivity contribution in [3.8, 4) is 0 Å². The second-order valence-corrected chi connectivity index (χ2v) is 4.77. The van der Waals surface area contributed by atoms with Gasteiger partial charge in [0.1, 0.15) is 0 Å². The van der Waals surface area contributed by atoms with Gasteiger partial charge in [0.15, 0.2) is 0 Å². The molecule has 0 radical (unpaired) electrons. The zero-order chi connectivity index (χ0) is 13.1. The highest BCUT2D eigenvalue weighted by molar-refractivity contribution is 5.26. The van der Waals surface area contributed by atoms with E-state index in [0.29, 0.717) is 6.04 Å². The average molecular weight is 246 g/mol. The van der Waals surface area contributed by atoms with Crippen LogP contribution in [0.1, 0.15) is 42.4 Å². The predicted molar refractivity (Wildman–Crippen MR) is 73.4 cm³/mol. The second kappa shape index (κ2) is 5.40. The Balaban J connectivity index is 2.02. The van der Waals surface area contributed by atoms with Gasteiger partial charge in [0.2, 0.25) is 0 Å². The number of hydrogen-bond donors (Lipinski definition) is 2. The van der Waals surface area contributed by atoms with E-state index < -0.39 is 0 Å². The molecule has 4 heteroatoms. The van der Waals surface area contributed by atoms with Gasteiger partial charge in [-0.25, -0.2) is 0 Å². The van der Waals surface area contributed by atoms with Gasteiger partial charge in [-0.3, -0.25) is 5.10 Å². The molecule has 0 spiro atoms. The van der Waals surface area contributed by atoms with Crippen LogP contribution in [0.25, 0.3) is 0 Å². The van der Waals surface area contributed by atoms with Crippen molar-refractivity contribution in [2.75, 3.05) is 0 Å². The summed E-state index contributed by atoms with van der Waals surface area (Å²) in [5.41, 5.74) is 5.27. The average Bonchev–Trinajstić information content (AvgIpc) is 2.95. The second-order valence-electron chi connectivity index (χ2n) is 4.77. The number of nitrogens with zero attached hydrogens (tertiary/aromatic N) is 2. The van der Waals surface area contributed by atoms with Crippen molar-refractivity contribution in [1.82, 2.24) is 20.1 Å². The van der Waals surface area contributed by atoms with Gasteiger partial charge in [0.05, 0.1) is 6.20 Å². The van der Waals surface area contributed by atoms with Gasteiger partial charge in [-0.05, 0) is 39.3 Å². The molecule has 18 heavy (non-hydrogen) atoms. The summed E-state index contributed by atoms with van der Waals surface area (Å²) in [4.78, 5) is 0. The minimum absolute atomic E-state index is 0.313. The van der Waals surface area contributed by atoms with Crippen LogP contribution in [0.15, 0.2) is 18.5 Å². The molecular formula is C14H22N4. The van der Waals surface area contributed by atoms with Crippen LogP contribution in [-0.2, 0) is 13.1 Å². The van der Waals surface area contributed by atoms with Crippen molar-refractivity contribution in [1.29, 1.82) is 0 Å². The lowest BCUT2D eigenvalue weighted by Gasteiger charge is -2.12. The molecule has 2 aromatic heterocycles. The van der Waals surface area contributed by atoms with Crippen molar-refractivity contribution in [3.63, 3.8) is 0 Å². The van der Waals surface area contributed by atoms with Gasteiger partial charge in [0, 0.05) is 42.3 Å². The first-order valence-electron chi connectivity index (χ1n) is 6.51. The summed E-state index contributed by atoms with van der Waals surface area (Å²) in [5.74, 6) is 0. The summed E-state index contributed by atoms with van der Waals surface area (Å²) in [7, 11) is 0. The Kier molecular flexibility index (Phi) is 3.87. The van der Waals surface area contributed by atoms with Crippen LogP contribution >= 0.6 is 0 Å². The molecule has 0 aliphatic heterocycles. The first-order chi connectivity index (χ1) is 8.63. The van der Waals surface area contributed by atoms with Crippen LogP contribution in [0.2, 0.25) is 0 Å². The molecule has 0 amide bonds. The molecule has 2 rings (SSSR count). The van der Waals surface area contributed by atoms with Gasteiger partial charge < -0.3 is 9.88 Å². The first-order valence-corrected chi connectivity index (χ1v) is 6.51. The summed E-state index contributed by atoms with van der Waals surface area (Å²) in [6.45, 7) is 10.6. The first kappa shape index (κ1) is 12.9. The predicted octanol–water partition coefficient (Wildman–Crippen LogP) is 2.70. The molecular weight excluding hydrogens is 224 g/mol. The van der Waals surface area contributed by atoms with Crippen molar-refractivity contribution in [3.05, 3.63) is 41.0 Å². The van der Waals surface area contributed by atoms with Gasteiger partial charge in [-0.2, -0.15) is 5.10 Å². The fourth-order valence-electron chi connectivity index (χ4n) is 2.42. The van der Waals surface area contributed by atoms with Crippen molar-refractivity contribution in [2.24, 2.45) is 0 Å². The molecule has 2 aromatic rings. The lowest BCUT2D eigenvalue weighted by atomic mass is 10.1. The van der Waals surface area contributed by atoms with Crippen molar-refractivity contribution >= 4 is 0 Å². The number of aromatic nitrogens is 3. The summed E-state index contributed by atoms with van der Waals surface area (Å²) in [5, 5.41) is 10.4. The monoisotopic (exact) mass is 246 g/mol. The van der Waals surface area contributed by atoms with E-state index in [1.807, 2.05) is 12.4 Å². The third-order valence-corrected chi connectivity index (χ3v) is 3.61. The summed E-state index contributed by atoms with van der Waals surface area (Å²) < 4.78 is 2.35. The largest absolute Gasteiger partial charge is 0.349 e. The number of aryl methyl sites for hydroxylation is 1. The molecule has 4 nitrogen and oxygen atoms in total. The fraction of sp³-hybridized carbons (Fsp3) is 0.500. The van der Waals surface area contributed by atoms with Crippen LogP contribution in [-0.4, -0.2) is 14.8 Å². The summed E-state index contributed by atoms with van der Waals surface area (Å²) in [6, 6.07) is 2.59. The van der Waals surface area contributed by atoms with Crippen molar-refractivity contribution < 1.29 is 0 Å². The molecule has 98 valence electrons. The highest BCUT2D eigenvalue weighted by Crippen LogP contribution is 2.16. The Hall–Kier alpha value is -1.55. The molecule has 0 saturated carbocycles. The Morgan fingerprint density at radius 2 is 2.22 bits per heavy atom. The van der Waals surface area contributed by atoms with E-state index in [4.69, 9.17) is 0 Å². The minimum atomic E-state index is 0.313. The minimum Gasteiger partial charge on any atom is -0.349 e. The molecule has 2 heterocycles. The number of rotatable bonds is 5. The molecule has 0 aromatic carbocycles. The third kappa shape index (κ3) is 2.48. The highest BCUT2D eigenvalue weighted by Gasteiger charge is 2.10. The maximum Gasteiger partial charge on any atom is 0.0534 e. The van der Waals surface area contributed by atoms with Crippen LogP contribution < -0.4 is 5.32 Å². The van der Waals surface area contributed by atoms with E-state index in [2.05, 4.69) is 53.8 Å². The molecule has 0 aliphatic carbocycles. The lowest BCUT2D eigenvalue weighted by Crippen LogP contribution is -2.18. The van der Waals surface area contributed by atoms with E-state index >= 15 is 0 Å². The molecule has 0 aliphatic rings. The lowest BCUT2D eigenvalue weighted by molar-refractivity contribution is 0.572. The molecule has 0 bridgehead atoms. The van der Waals surface area contributed by atoms with Crippen LogP contribution in [0.4, 0.5) is 0 Å². The van der Waals surface area contributed by atoms with Gasteiger partial charge >= 0.3 is 0 Å². The number of H-pyrrole nitrogens is 1. The molecule has 2 N–H and O–H groups in total. The zero-order valence-electron chi connectivity index (χ0n) is 11.6. The molecule has 0 saturated heterocycles. The normalized spacial score (nSPS) is 12.9. The Morgan fingerprint density at radius 3 is 2.78 bits per heavy atom. The van der Waals surface area contributed by atoms with E-state index in [1.54, 1.807) is 0 Å². The van der Waals surface area contributed by atoms with Crippen LogP contribution in [0, 0.1) is 13.8 Å². The Bertz CT molecular complexity index is 496. The number of hydrogen-bond acceptors (Lipinski definition) is 2. The maximum absolute atomic E-state index is 3.98. The van der Waals surface area contributed by atoms with E-state index in [1.165, 1.54) is 22.5 Å². The highest BCUT2D eigenvalue weighted by atomic mass is 15.1. The summed E-state index contributed by atoms with van der Waals surface area (Å²) >= 11 is 0. The van der Waals surface area contributed by atoms with Crippen LogP contribution in [0.3, 0.4) is 0 Å². The number of nitrogens with one attached hydrogen (secondary N) is 2. The quantitative estimate of drug-likeness (QED) is 0.852. The van der Waals surface area contributed by atoms with Gasteiger partial charge in [-0.15, -0.1) is 0 Å². The molecule has 1 unspecified atom stereocenters. The maximum atomic E-state index is 3.98. The van der Waals surface area contributed by atoms with Crippen LogP contribution in [0.5, 0.6) is 0 Å². The van der Waals surface area contributed by atoms with Gasteiger partial charge in [-0.1, -0.05) is 0 Å². The topological polar surface area (TPSA) is 45.6 Å². The summed E-state index contributed by atoms with van der Waals surface area (Å²) in [6.07, 6.45) is 3.81. The molecule has 0 fully saturated rings. The fourth-order valence-corrected chi connectivity index (χ4v) is 2.42. The molecule has 1 atom stereocenters. The zero-order valence-corrected chi connectivity index (χ0v) is 11.6. The Morgan fingerprint density at radius 1 is 1.44 bits per heavy atom. The Labute approximate surface area is 108 Å². The van der Waals surface area contributed by atoms with E-state index in [-0.39, 0.29) is 0 Å². The van der Waals surface area contributed by atoms with Gasteiger partial charge in [0.25, 0.3) is 0 Å². The number of aromatic amines is 1. The van der Waals surface area contributed by atoms with E-state index in [0.717, 1.165) is 13.1 Å².